The highest BCUT2D eigenvalue weighted by Gasteiger charge is 2.46. The van der Waals surface area contributed by atoms with Gasteiger partial charge in [0.25, 0.3) is 0 Å². The molecule has 1 aliphatic carbocycles. The highest BCUT2D eigenvalue weighted by molar-refractivity contribution is 9.10. The molecule has 0 saturated heterocycles. The van der Waals surface area contributed by atoms with E-state index in [0.717, 1.165) is 4.47 Å². The molecule has 15 heavy (non-hydrogen) atoms. The van der Waals surface area contributed by atoms with Crippen molar-refractivity contribution in [3.05, 3.63) is 34.1 Å². The van der Waals surface area contributed by atoms with Crippen molar-refractivity contribution < 1.29 is 9.50 Å². The summed E-state index contributed by atoms with van der Waals surface area (Å²) >= 11 is 3.34. The smallest absolute Gasteiger partial charge is 0.128 e. The van der Waals surface area contributed by atoms with Gasteiger partial charge in [0.05, 0.1) is 6.10 Å². The van der Waals surface area contributed by atoms with Gasteiger partial charge in [0.15, 0.2) is 0 Å². The maximum Gasteiger partial charge on any atom is 0.128 e. The van der Waals surface area contributed by atoms with Crippen LogP contribution in [0.4, 0.5) is 4.39 Å². The maximum absolute atomic E-state index is 13.7. The van der Waals surface area contributed by atoms with Crippen LogP contribution in [0.3, 0.4) is 0 Å². The number of halogens is 2. The second kappa shape index (κ2) is 3.85. The van der Waals surface area contributed by atoms with Crippen molar-refractivity contribution in [1.82, 2.24) is 0 Å². The number of hydrogen-bond acceptors (Lipinski definition) is 2. The summed E-state index contributed by atoms with van der Waals surface area (Å²) in [5, 5.41) is 9.36. The van der Waals surface area contributed by atoms with E-state index in [9.17, 15) is 9.50 Å². The van der Waals surface area contributed by atoms with Gasteiger partial charge in [0.1, 0.15) is 5.82 Å². The predicted octanol–water partition coefficient (Wildman–Crippen LogP) is 1.94. The number of aliphatic hydroxyl groups excluding tert-OH is 1. The van der Waals surface area contributed by atoms with E-state index < -0.39 is 0 Å². The molecule has 1 aromatic carbocycles. The van der Waals surface area contributed by atoms with E-state index in [1.54, 1.807) is 12.1 Å². The summed E-state index contributed by atoms with van der Waals surface area (Å²) in [6.45, 7) is 0.365. The number of rotatable bonds is 2. The van der Waals surface area contributed by atoms with Crippen molar-refractivity contribution >= 4 is 15.9 Å². The summed E-state index contributed by atoms with van der Waals surface area (Å²) in [7, 11) is 0. The molecule has 2 rings (SSSR count). The van der Waals surface area contributed by atoms with E-state index >= 15 is 0 Å². The Balaban J connectivity index is 2.44. The molecule has 0 bridgehead atoms. The van der Waals surface area contributed by atoms with Crippen LogP contribution in [-0.2, 0) is 5.41 Å². The van der Waals surface area contributed by atoms with E-state index in [2.05, 4.69) is 15.9 Å². The molecule has 2 nitrogen and oxygen atoms in total. The summed E-state index contributed by atoms with van der Waals surface area (Å²) in [5.74, 6) is -0.248. The molecule has 0 radical (unpaired) electrons. The van der Waals surface area contributed by atoms with E-state index in [1.165, 1.54) is 6.07 Å². The lowest BCUT2D eigenvalue weighted by Gasteiger charge is -2.45. The van der Waals surface area contributed by atoms with Gasteiger partial charge in [-0.1, -0.05) is 22.0 Å². The highest BCUT2D eigenvalue weighted by Crippen LogP contribution is 2.46. The molecule has 0 atom stereocenters. The third-order valence-corrected chi connectivity index (χ3v) is 3.80. The Bertz CT molecular complexity index is 357. The highest BCUT2D eigenvalue weighted by atomic mass is 79.9. The summed E-state index contributed by atoms with van der Waals surface area (Å²) in [6, 6.07) is 4.89. The number of nitrogens with two attached hydrogens (primary N) is 1. The lowest BCUT2D eigenvalue weighted by molar-refractivity contribution is 0.0201. The molecule has 1 aliphatic rings. The van der Waals surface area contributed by atoms with Crippen molar-refractivity contribution in [2.75, 3.05) is 6.54 Å². The van der Waals surface area contributed by atoms with Crippen LogP contribution in [-0.4, -0.2) is 17.8 Å². The van der Waals surface area contributed by atoms with Crippen molar-refractivity contribution in [2.45, 2.75) is 24.4 Å². The topological polar surface area (TPSA) is 46.2 Å². The molecule has 82 valence electrons. The van der Waals surface area contributed by atoms with Crippen LogP contribution in [0.15, 0.2) is 22.7 Å². The van der Waals surface area contributed by atoms with Crippen LogP contribution in [0.5, 0.6) is 0 Å². The van der Waals surface area contributed by atoms with Gasteiger partial charge < -0.3 is 10.8 Å². The summed E-state index contributed by atoms with van der Waals surface area (Å²) in [4.78, 5) is 0. The van der Waals surface area contributed by atoms with Gasteiger partial charge >= 0.3 is 0 Å². The van der Waals surface area contributed by atoms with Crippen LogP contribution in [0.25, 0.3) is 0 Å². The maximum atomic E-state index is 13.7. The van der Waals surface area contributed by atoms with Crippen LogP contribution in [0.2, 0.25) is 0 Å². The molecule has 0 aliphatic heterocycles. The molecule has 4 heteroatoms. The first-order chi connectivity index (χ1) is 7.09. The van der Waals surface area contributed by atoms with E-state index in [1.807, 2.05) is 0 Å². The molecule has 1 saturated carbocycles. The quantitative estimate of drug-likeness (QED) is 0.865. The zero-order chi connectivity index (χ0) is 11.1. The fourth-order valence-electron chi connectivity index (χ4n) is 2.32. The van der Waals surface area contributed by atoms with Gasteiger partial charge in [0, 0.05) is 22.0 Å². The molecule has 0 amide bonds. The number of hydrogen-bond donors (Lipinski definition) is 2. The largest absolute Gasteiger partial charge is 0.393 e. The fraction of sp³-hybridized carbons (Fsp3) is 0.455. The molecule has 0 spiro atoms. The van der Waals surface area contributed by atoms with Gasteiger partial charge in [-0.15, -0.1) is 0 Å². The van der Waals surface area contributed by atoms with Crippen LogP contribution in [0, 0.1) is 5.82 Å². The number of aliphatic hydroxyl groups is 1. The average Bonchev–Trinajstić information content (AvgIpc) is 2.14. The minimum atomic E-state index is -0.385. The standard InChI is InChI=1S/C11H13BrFNO/c12-8-2-1-3-9(13)10(8)11(6-14)4-7(15)5-11/h1-3,7,15H,4-6,14H2. The summed E-state index contributed by atoms with van der Waals surface area (Å²) < 4.78 is 14.4. The summed E-state index contributed by atoms with van der Waals surface area (Å²) in [6.07, 6.45) is 0.742. The van der Waals surface area contributed by atoms with Crippen molar-refractivity contribution in [3.63, 3.8) is 0 Å². The minimum Gasteiger partial charge on any atom is -0.393 e. The normalized spacial score (nSPS) is 30.0. The van der Waals surface area contributed by atoms with E-state index in [0.29, 0.717) is 24.9 Å². The molecular formula is C11H13BrFNO. The van der Waals surface area contributed by atoms with Crippen molar-refractivity contribution in [2.24, 2.45) is 5.73 Å². The Hall–Kier alpha value is -0.450. The molecule has 0 aromatic heterocycles. The van der Waals surface area contributed by atoms with Gasteiger partial charge in [-0.25, -0.2) is 4.39 Å². The lowest BCUT2D eigenvalue weighted by atomic mass is 9.62. The average molecular weight is 274 g/mol. The lowest BCUT2D eigenvalue weighted by Crippen LogP contribution is -2.50. The molecular weight excluding hydrogens is 261 g/mol. The molecule has 0 unspecified atom stereocenters. The van der Waals surface area contributed by atoms with E-state index in [-0.39, 0.29) is 17.3 Å². The molecule has 3 N–H and O–H groups in total. The first-order valence-electron chi connectivity index (χ1n) is 4.92. The Morgan fingerprint density at radius 3 is 2.67 bits per heavy atom. The third-order valence-electron chi connectivity index (χ3n) is 3.14. The number of benzene rings is 1. The van der Waals surface area contributed by atoms with Crippen LogP contribution in [0.1, 0.15) is 18.4 Å². The predicted molar refractivity (Wildman–Crippen MR) is 60.1 cm³/mol. The fourth-order valence-corrected chi connectivity index (χ4v) is 3.08. The van der Waals surface area contributed by atoms with Gasteiger partial charge in [-0.2, -0.15) is 0 Å². The van der Waals surface area contributed by atoms with Crippen LogP contribution < -0.4 is 5.73 Å². The van der Waals surface area contributed by atoms with E-state index in [4.69, 9.17) is 5.73 Å². The first-order valence-corrected chi connectivity index (χ1v) is 5.71. The Kier molecular flexibility index (Phi) is 2.83. The SMILES string of the molecule is NCC1(c2c(F)cccc2Br)CC(O)C1. The van der Waals surface area contributed by atoms with Gasteiger partial charge in [-0.3, -0.25) is 0 Å². The van der Waals surface area contributed by atoms with Crippen molar-refractivity contribution in [1.29, 1.82) is 0 Å². The third kappa shape index (κ3) is 1.71. The zero-order valence-electron chi connectivity index (χ0n) is 8.21. The Morgan fingerprint density at radius 2 is 2.20 bits per heavy atom. The first kappa shape index (κ1) is 11.0. The monoisotopic (exact) mass is 273 g/mol. The zero-order valence-corrected chi connectivity index (χ0v) is 9.80. The molecule has 1 aromatic rings. The van der Waals surface area contributed by atoms with Gasteiger partial charge in [-0.05, 0) is 25.0 Å². The second-order valence-electron chi connectivity index (χ2n) is 4.14. The second-order valence-corrected chi connectivity index (χ2v) is 5.00. The summed E-state index contributed by atoms with van der Waals surface area (Å²) in [5.41, 5.74) is 5.93. The van der Waals surface area contributed by atoms with Crippen molar-refractivity contribution in [3.8, 4) is 0 Å². The Labute approximate surface area is 96.4 Å². The minimum absolute atomic E-state index is 0.248. The Morgan fingerprint density at radius 1 is 1.53 bits per heavy atom. The van der Waals surface area contributed by atoms with Gasteiger partial charge in [0.2, 0.25) is 0 Å². The molecule has 0 heterocycles. The van der Waals surface area contributed by atoms with Crippen LogP contribution >= 0.6 is 15.9 Å². The molecule has 1 fully saturated rings.